The molecule has 0 unspecified atom stereocenters. The van der Waals surface area contributed by atoms with Gasteiger partial charge in [-0.2, -0.15) is 0 Å². The zero-order valence-corrected chi connectivity index (χ0v) is 12.6. The van der Waals surface area contributed by atoms with Gasteiger partial charge < -0.3 is 9.05 Å². The number of nitrogens with zero attached hydrogens (tertiary/aromatic N) is 4. The van der Waals surface area contributed by atoms with Crippen molar-refractivity contribution in [3.8, 4) is 0 Å². The van der Waals surface area contributed by atoms with Crippen LogP contribution in [0.1, 0.15) is 44.5 Å². The Morgan fingerprint density at radius 2 is 1.73 bits per heavy atom. The minimum absolute atomic E-state index is 0.191. The summed E-state index contributed by atoms with van der Waals surface area (Å²) in [5.74, 6) is 0.349. The lowest BCUT2D eigenvalue weighted by Gasteiger charge is -2.26. The fourth-order valence-electron chi connectivity index (χ4n) is 2.55. The first-order valence-electron chi connectivity index (χ1n) is 6.99. The fourth-order valence-corrected chi connectivity index (χ4v) is 2.55. The van der Waals surface area contributed by atoms with Crippen molar-refractivity contribution in [2.45, 2.75) is 27.2 Å². The van der Waals surface area contributed by atoms with E-state index in [1.165, 1.54) is 10.0 Å². The second-order valence-corrected chi connectivity index (χ2v) is 5.23. The van der Waals surface area contributed by atoms with E-state index in [0.29, 0.717) is 42.3 Å². The molecule has 2 aromatic rings. The van der Waals surface area contributed by atoms with Gasteiger partial charge in [0.05, 0.1) is 5.69 Å². The van der Waals surface area contributed by atoms with Crippen LogP contribution in [0, 0.1) is 20.8 Å². The number of carbonyl (C=O) groups is 2. The van der Waals surface area contributed by atoms with E-state index in [9.17, 15) is 9.59 Å². The summed E-state index contributed by atoms with van der Waals surface area (Å²) >= 11 is 0. The number of amides is 2. The van der Waals surface area contributed by atoms with Crippen LogP contribution in [0.4, 0.5) is 0 Å². The second-order valence-electron chi connectivity index (χ2n) is 5.23. The van der Waals surface area contributed by atoms with Crippen molar-refractivity contribution in [3.63, 3.8) is 0 Å². The Labute approximate surface area is 126 Å². The SMILES string of the molecule is Cc1cc(C(=O)N2CCCN2C(=O)c2c(C)noc2C)no1. The molecular weight excluding hydrogens is 288 g/mol. The van der Waals surface area contributed by atoms with Gasteiger partial charge in [0.25, 0.3) is 11.8 Å². The van der Waals surface area contributed by atoms with Gasteiger partial charge in [-0.1, -0.05) is 10.3 Å². The van der Waals surface area contributed by atoms with Crippen LogP contribution < -0.4 is 0 Å². The van der Waals surface area contributed by atoms with Crippen molar-refractivity contribution in [2.24, 2.45) is 0 Å². The lowest BCUT2D eigenvalue weighted by atomic mass is 10.2. The molecule has 8 nitrogen and oxygen atoms in total. The molecule has 1 saturated heterocycles. The van der Waals surface area contributed by atoms with Crippen LogP contribution in [0.15, 0.2) is 15.1 Å². The van der Waals surface area contributed by atoms with Crippen LogP contribution >= 0.6 is 0 Å². The van der Waals surface area contributed by atoms with Gasteiger partial charge in [0.1, 0.15) is 17.1 Å². The monoisotopic (exact) mass is 304 g/mol. The minimum atomic E-state index is -0.352. The summed E-state index contributed by atoms with van der Waals surface area (Å²) in [5.41, 5.74) is 1.10. The summed E-state index contributed by atoms with van der Waals surface area (Å²) in [6.07, 6.45) is 0.706. The van der Waals surface area contributed by atoms with Gasteiger partial charge in [0, 0.05) is 19.2 Å². The predicted octanol–water partition coefficient (Wildman–Crippen LogP) is 1.49. The van der Waals surface area contributed by atoms with Crippen molar-refractivity contribution < 1.29 is 18.6 Å². The first kappa shape index (κ1) is 14.3. The van der Waals surface area contributed by atoms with Gasteiger partial charge in [-0.3, -0.25) is 9.59 Å². The molecule has 2 aromatic heterocycles. The highest BCUT2D eigenvalue weighted by Crippen LogP contribution is 2.21. The molecule has 3 rings (SSSR count). The molecule has 8 heteroatoms. The second kappa shape index (κ2) is 5.28. The van der Waals surface area contributed by atoms with Gasteiger partial charge >= 0.3 is 0 Å². The lowest BCUT2D eigenvalue weighted by Crippen LogP contribution is -2.45. The highest BCUT2D eigenvalue weighted by molar-refractivity contribution is 5.99. The van der Waals surface area contributed by atoms with Gasteiger partial charge in [-0.05, 0) is 27.2 Å². The molecule has 1 aliphatic rings. The summed E-state index contributed by atoms with van der Waals surface area (Å²) in [5, 5.41) is 10.3. The average Bonchev–Trinajstić information content (AvgIpc) is 3.18. The molecule has 0 N–H and O–H groups in total. The van der Waals surface area contributed by atoms with Crippen molar-refractivity contribution in [1.82, 2.24) is 20.3 Å². The normalized spacial score (nSPS) is 14.7. The summed E-state index contributed by atoms with van der Waals surface area (Å²) in [4.78, 5) is 25.2. The molecule has 22 heavy (non-hydrogen) atoms. The maximum absolute atomic E-state index is 12.7. The van der Waals surface area contributed by atoms with E-state index in [1.807, 2.05) is 0 Å². The van der Waals surface area contributed by atoms with Gasteiger partial charge in [0.2, 0.25) is 0 Å². The maximum Gasteiger partial charge on any atom is 0.294 e. The summed E-state index contributed by atoms with van der Waals surface area (Å²) < 4.78 is 9.96. The van der Waals surface area contributed by atoms with Gasteiger partial charge in [-0.25, -0.2) is 10.0 Å². The van der Waals surface area contributed by atoms with Crippen LogP contribution in [0.25, 0.3) is 0 Å². The Morgan fingerprint density at radius 1 is 1.05 bits per heavy atom. The van der Waals surface area contributed by atoms with Gasteiger partial charge in [-0.15, -0.1) is 0 Å². The molecule has 0 aliphatic carbocycles. The van der Waals surface area contributed by atoms with Crippen molar-refractivity contribution >= 4 is 11.8 Å². The van der Waals surface area contributed by atoms with E-state index >= 15 is 0 Å². The highest BCUT2D eigenvalue weighted by atomic mass is 16.5. The van der Waals surface area contributed by atoms with Crippen LogP contribution in [-0.2, 0) is 0 Å². The molecule has 0 spiro atoms. The standard InChI is InChI=1S/C14H16N4O4/c1-8-7-11(16-21-8)13(19)17-5-4-6-18(17)14(20)12-9(2)15-22-10(12)3/h7H,4-6H2,1-3H3. The average molecular weight is 304 g/mol. The Balaban J connectivity index is 1.87. The van der Waals surface area contributed by atoms with Crippen molar-refractivity contribution in [3.05, 3.63) is 34.5 Å². The van der Waals surface area contributed by atoms with Crippen LogP contribution in [0.3, 0.4) is 0 Å². The summed E-state index contributed by atoms with van der Waals surface area (Å²) in [7, 11) is 0. The van der Waals surface area contributed by atoms with E-state index in [-0.39, 0.29) is 17.5 Å². The number of carbonyl (C=O) groups excluding carboxylic acids is 2. The van der Waals surface area contributed by atoms with Crippen LogP contribution in [0.5, 0.6) is 0 Å². The Hall–Kier alpha value is -2.64. The Bertz CT molecular complexity index is 714. The van der Waals surface area contributed by atoms with Crippen LogP contribution in [0.2, 0.25) is 0 Å². The molecule has 0 bridgehead atoms. The Morgan fingerprint density at radius 3 is 2.27 bits per heavy atom. The van der Waals surface area contributed by atoms with Crippen molar-refractivity contribution in [2.75, 3.05) is 13.1 Å². The molecule has 0 saturated carbocycles. The number of aromatic nitrogens is 2. The zero-order chi connectivity index (χ0) is 15.9. The predicted molar refractivity (Wildman–Crippen MR) is 73.9 cm³/mol. The molecule has 3 heterocycles. The van der Waals surface area contributed by atoms with Crippen LogP contribution in [-0.4, -0.2) is 45.2 Å². The number of aryl methyl sites for hydroxylation is 3. The maximum atomic E-state index is 12.7. The summed E-state index contributed by atoms with van der Waals surface area (Å²) in [6.45, 7) is 6.01. The molecule has 0 aromatic carbocycles. The molecule has 116 valence electrons. The van der Waals surface area contributed by atoms with E-state index in [4.69, 9.17) is 9.05 Å². The number of hydrogen-bond donors (Lipinski definition) is 0. The van der Waals surface area contributed by atoms with E-state index < -0.39 is 0 Å². The van der Waals surface area contributed by atoms with Crippen molar-refractivity contribution in [1.29, 1.82) is 0 Å². The van der Waals surface area contributed by atoms with Gasteiger partial charge in [0.15, 0.2) is 5.69 Å². The van der Waals surface area contributed by atoms with E-state index in [0.717, 1.165) is 0 Å². The Kier molecular flexibility index (Phi) is 3.44. The zero-order valence-electron chi connectivity index (χ0n) is 12.6. The smallest absolute Gasteiger partial charge is 0.294 e. The molecular formula is C14H16N4O4. The number of hydrazine groups is 1. The molecule has 0 atom stereocenters. The quantitative estimate of drug-likeness (QED) is 0.834. The third-order valence-electron chi connectivity index (χ3n) is 3.59. The first-order chi connectivity index (χ1) is 10.5. The lowest BCUT2D eigenvalue weighted by molar-refractivity contribution is 0.0178. The topological polar surface area (TPSA) is 92.7 Å². The van der Waals surface area contributed by atoms with E-state index in [2.05, 4.69) is 10.3 Å². The molecule has 1 fully saturated rings. The summed E-state index contributed by atoms with van der Waals surface area (Å²) in [6, 6.07) is 1.55. The molecule has 2 amide bonds. The minimum Gasteiger partial charge on any atom is -0.361 e. The number of rotatable bonds is 2. The molecule has 1 aliphatic heterocycles. The third-order valence-corrected chi connectivity index (χ3v) is 3.59. The first-order valence-corrected chi connectivity index (χ1v) is 6.99. The van der Waals surface area contributed by atoms with E-state index in [1.54, 1.807) is 26.8 Å². The molecule has 0 radical (unpaired) electrons. The highest BCUT2D eigenvalue weighted by Gasteiger charge is 2.35. The third kappa shape index (κ3) is 2.26. The number of hydrogen-bond acceptors (Lipinski definition) is 6. The largest absolute Gasteiger partial charge is 0.361 e. The fraction of sp³-hybridized carbons (Fsp3) is 0.429.